The summed E-state index contributed by atoms with van der Waals surface area (Å²) in [5.41, 5.74) is 5.58. The number of esters is 1. The van der Waals surface area contributed by atoms with E-state index in [0.717, 1.165) is 61.9 Å². The minimum Gasteiger partial charge on any atom is -0.462 e. The van der Waals surface area contributed by atoms with Gasteiger partial charge in [-0.05, 0) is 68.9 Å². The van der Waals surface area contributed by atoms with Gasteiger partial charge in [-0.15, -0.1) is 11.3 Å². The number of aromatic nitrogens is 1. The van der Waals surface area contributed by atoms with E-state index in [0.29, 0.717) is 22.0 Å². The number of carbonyl (C=O) groups excluding carboxylic acids is 2. The highest BCUT2D eigenvalue weighted by Crippen LogP contribution is 2.40. The second-order valence-electron chi connectivity index (χ2n) is 9.31. The average Bonchev–Trinajstić information content (AvgIpc) is 3.20. The number of aryl methyl sites for hydroxylation is 1. The quantitative estimate of drug-likeness (QED) is 0.254. The van der Waals surface area contributed by atoms with Gasteiger partial charge in [0, 0.05) is 20.3 Å². The lowest BCUT2D eigenvalue weighted by Gasteiger charge is -2.18. The highest BCUT2D eigenvalue weighted by molar-refractivity contribution is 9.10. The van der Waals surface area contributed by atoms with Gasteiger partial charge in [-0.3, -0.25) is 4.79 Å². The Morgan fingerprint density at radius 3 is 2.69 bits per heavy atom. The van der Waals surface area contributed by atoms with Gasteiger partial charge in [-0.2, -0.15) is 0 Å². The van der Waals surface area contributed by atoms with E-state index in [2.05, 4.69) is 28.2 Å². The van der Waals surface area contributed by atoms with Crippen LogP contribution in [0.25, 0.3) is 22.2 Å². The lowest BCUT2D eigenvalue weighted by atomic mass is 9.88. The summed E-state index contributed by atoms with van der Waals surface area (Å²) in [6.07, 6.45) is 2.75. The molecule has 7 heteroatoms. The molecule has 1 atom stereocenters. The molecule has 2 heterocycles. The first-order valence-electron chi connectivity index (χ1n) is 12.1. The molecule has 4 aromatic rings. The third kappa shape index (κ3) is 4.82. The van der Waals surface area contributed by atoms with Crippen molar-refractivity contribution in [2.45, 2.75) is 40.0 Å². The van der Waals surface area contributed by atoms with Crippen LogP contribution in [0.2, 0.25) is 0 Å². The van der Waals surface area contributed by atoms with Gasteiger partial charge in [0.2, 0.25) is 0 Å². The number of halogens is 1. The van der Waals surface area contributed by atoms with Crippen LogP contribution >= 0.6 is 27.3 Å². The number of hydrogen-bond acceptors (Lipinski definition) is 5. The minimum absolute atomic E-state index is 0.272. The Morgan fingerprint density at radius 1 is 1.17 bits per heavy atom. The predicted molar refractivity (Wildman–Crippen MR) is 149 cm³/mol. The topological polar surface area (TPSA) is 68.3 Å². The van der Waals surface area contributed by atoms with Crippen molar-refractivity contribution in [1.82, 2.24) is 4.98 Å². The molecule has 1 aliphatic rings. The number of fused-ring (bicyclic) bond motifs is 2. The van der Waals surface area contributed by atoms with Gasteiger partial charge in [0.1, 0.15) is 5.00 Å². The molecule has 0 saturated heterocycles. The third-order valence-corrected chi connectivity index (χ3v) is 8.24. The maximum atomic E-state index is 13.8. The predicted octanol–water partition coefficient (Wildman–Crippen LogP) is 7.59. The average molecular weight is 564 g/mol. The van der Waals surface area contributed by atoms with Gasteiger partial charge in [0.25, 0.3) is 5.91 Å². The van der Waals surface area contributed by atoms with Crippen LogP contribution in [-0.4, -0.2) is 23.5 Å². The lowest BCUT2D eigenvalue weighted by Crippen LogP contribution is -2.17. The molecule has 36 heavy (non-hydrogen) atoms. The first-order chi connectivity index (χ1) is 17.3. The van der Waals surface area contributed by atoms with Gasteiger partial charge < -0.3 is 10.1 Å². The number of nitrogens with zero attached hydrogens (tertiary/aromatic N) is 1. The molecule has 0 unspecified atom stereocenters. The first-order valence-corrected chi connectivity index (χ1v) is 13.7. The maximum absolute atomic E-state index is 13.8. The number of thiophene rings is 1. The highest BCUT2D eigenvalue weighted by atomic mass is 79.9. The van der Waals surface area contributed by atoms with E-state index in [-0.39, 0.29) is 18.5 Å². The molecule has 1 aliphatic carbocycles. The van der Waals surface area contributed by atoms with Gasteiger partial charge in [-0.1, -0.05) is 52.7 Å². The summed E-state index contributed by atoms with van der Waals surface area (Å²) in [5.74, 6) is -0.0955. The second-order valence-corrected chi connectivity index (χ2v) is 11.3. The minimum atomic E-state index is -0.373. The summed E-state index contributed by atoms with van der Waals surface area (Å²) in [6, 6.07) is 15.6. The monoisotopic (exact) mass is 562 g/mol. The van der Waals surface area contributed by atoms with E-state index in [9.17, 15) is 9.59 Å². The normalized spacial score (nSPS) is 14.9. The van der Waals surface area contributed by atoms with E-state index < -0.39 is 0 Å². The SMILES string of the molecule is CCOC(=O)c1c(NC(=O)c2cc(-c3ccc(C)cc3)nc3ccc(Br)cc23)sc2c1CC[C@H](C)C2. The van der Waals surface area contributed by atoms with Gasteiger partial charge in [0.05, 0.1) is 28.9 Å². The Bertz CT molecular complexity index is 1480. The van der Waals surface area contributed by atoms with Crippen LogP contribution in [-0.2, 0) is 17.6 Å². The standard InChI is InChI=1S/C29H27BrN2O3S/c1-4-35-29(34)26-20-11-7-17(3)13-25(20)36-28(26)32-27(33)22-15-24(18-8-5-16(2)6-9-18)31-23-12-10-19(30)14-21(22)23/h5-6,8-10,12,14-15,17H,4,7,11,13H2,1-3H3,(H,32,33)/t17-/m0/s1. The fraction of sp³-hybridized carbons (Fsp3) is 0.276. The van der Waals surface area contributed by atoms with Gasteiger partial charge in [-0.25, -0.2) is 9.78 Å². The van der Waals surface area contributed by atoms with Gasteiger partial charge >= 0.3 is 5.97 Å². The Kier molecular flexibility index (Phi) is 6.95. The fourth-order valence-electron chi connectivity index (χ4n) is 4.69. The second kappa shape index (κ2) is 10.1. The largest absolute Gasteiger partial charge is 0.462 e. The molecule has 0 fully saturated rings. The molecule has 0 radical (unpaired) electrons. The molecule has 1 amide bonds. The number of amides is 1. The zero-order valence-corrected chi connectivity index (χ0v) is 22.9. The summed E-state index contributed by atoms with van der Waals surface area (Å²) >= 11 is 5.02. The van der Waals surface area contributed by atoms with Crippen LogP contribution in [0.4, 0.5) is 5.00 Å². The zero-order valence-electron chi connectivity index (χ0n) is 20.5. The number of rotatable bonds is 5. The van der Waals surface area contributed by atoms with E-state index in [1.807, 2.05) is 55.5 Å². The Balaban J connectivity index is 1.59. The van der Waals surface area contributed by atoms with E-state index >= 15 is 0 Å². The van der Waals surface area contributed by atoms with Crippen LogP contribution in [0.1, 0.15) is 57.0 Å². The van der Waals surface area contributed by atoms with Crippen LogP contribution in [0.3, 0.4) is 0 Å². The van der Waals surface area contributed by atoms with Crippen molar-refractivity contribution in [2.24, 2.45) is 5.92 Å². The number of benzene rings is 2. The molecule has 0 saturated carbocycles. The van der Waals surface area contributed by atoms with Crippen LogP contribution in [0.15, 0.2) is 53.0 Å². The molecular formula is C29H27BrN2O3S. The smallest absolute Gasteiger partial charge is 0.341 e. The van der Waals surface area contributed by atoms with Crippen molar-refractivity contribution in [3.8, 4) is 11.3 Å². The van der Waals surface area contributed by atoms with Crippen molar-refractivity contribution in [2.75, 3.05) is 11.9 Å². The molecule has 1 N–H and O–H groups in total. The van der Waals surface area contributed by atoms with Crippen molar-refractivity contribution < 1.29 is 14.3 Å². The number of carbonyl (C=O) groups is 2. The molecule has 2 aromatic heterocycles. The number of nitrogens with one attached hydrogen (secondary N) is 1. The third-order valence-electron chi connectivity index (χ3n) is 6.58. The summed E-state index contributed by atoms with van der Waals surface area (Å²) < 4.78 is 6.24. The van der Waals surface area contributed by atoms with Crippen molar-refractivity contribution in [3.63, 3.8) is 0 Å². The van der Waals surface area contributed by atoms with E-state index in [1.54, 1.807) is 6.92 Å². The van der Waals surface area contributed by atoms with Crippen molar-refractivity contribution in [3.05, 3.63) is 80.1 Å². The van der Waals surface area contributed by atoms with Crippen LogP contribution < -0.4 is 5.32 Å². The van der Waals surface area contributed by atoms with Gasteiger partial charge in [0.15, 0.2) is 0 Å². The first kappa shape index (κ1) is 24.7. The summed E-state index contributed by atoms with van der Waals surface area (Å²) in [7, 11) is 0. The molecule has 0 bridgehead atoms. The summed E-state index contributed by atoms with van der Waals surface area (Å²) in [5, 5.41) is 4.38. The summed E-state index contributed by atoms with van der Waals surface area (Å²) in [6.45, 7) is 6.34. The molecule has 0 spiro atoms. The summed E-state index contributed by atoms with van der Waals surface area (Å²) in [4.78, 5) is 32.7. The molecule has 184 valence electrons. The Labute approximate surface area is 223 Å². The molecule has 5 nitrogen and oxygen atoms in total. The van der Waals surface area contributed by atoms with E-state index in [1.165, 1.54) is 11.3 Å². The highest BCUT2D eigenvalue weighted by Gasteiger charge is 2.29. The maximum Gasteiger partial charge on any atom is 0.341 e. The Hall–Kier alpha value is -3.03. The lowest BCUT2D eigenvalue weighted by molar-refractivity contribution is 0.0526. The number of anilines is 1. The van der Waals surface area contributed by atoms with Crippen LogP contribution in [0.5, 0.6) is 0 Å². The zero-order chi connectivity index (χ0) is 25.4. The number of pyridine rings is 1. The molecule has 5 rings (SSSR count). The number of ether oxygens (including phenoxy) is 1. The van der Waals surface area contributed by atoms with E-state index in [4.69, 9.17) is 9.72 Å². The molecular weight excluding hydrogens is 536 g/mol. The van der Waals surface area contributed by atoms with Crippen LogP contribution in [0, 0.1) is 12.8 Å². The Morgan fingerprint density at radius 2 is 1.94 bits per heavy atom. The number of hydrogen-bond donors (Lipinski definition) is 1. The van der Waals surface area contributed by atoms with Crippen molar-refractivity contribution >= 4 is 55.0 Å². The fourth-order valence-corrected chi connectivity index (χ4v) is 6.44. The van der Waals surface area contributed by atoms with Crippen molar-refractivity contribution in [1.29, 1.82) is 0 Å². The molecule has 0 aliphatic heterocycles. The molecule has 2 aromatic carbocycles.